The molecule has 11 heteroatoms. The number of anilines is 1. The van der Waals surface area contributed by atoms with Gasteiger partial charge in [0.2, 0.25) is 0 Å². The fraction of sp³-hybridized carbons (Fsp3) is 0.647. The molecule has 0 aliphatic carbocycles. The molecule has 0 amide bonds. The number of fused-ring (bicyclic) bond motifs is 2. The second-order valence-corrected chi connectivity index (χ2v) is 7.41. The maximum Gasteiger partial charge on any atom is 0.296 e. The maximum absolute atomic E-state index is 9.83. The second-order valence-electron chi connectivity index (χ2n) is 7.00. The van der Waals surface area contributed by atoms with Crippen LogP contribution in [-0.4, -0.2) is 90.2 Å². The van der Waals surface area contributed by atoms with Gasteiger partial charge in [0.25, 0.3) is 6.01 Å². The number of H-pyrrole nitrogens is 1. The van der Waals surface area contributed by atoms with E-state index in [9.17, 15) is 5.11 Å². The van der Waals surface area contributed by atoms with Crippen LogP contribution in [0.4, 0.5) is 5.82 Å². The van der Waals surface area contributed by atoms with E-state index in [-0.39, 0.29) is 31.0 Å². The lowest BCUT2D eigenvalue weighted by Gasteiger charge is -2.23. The topological polar surface area (TPSA) is 120 Å². The maximum atomic E-state index is 9.83. The molecule has 0 saturated carbocycles. The molecule has 0 radical (unpaired) electrons. The van der Waals surface area contributed by atoms with Crippen LogP contribution in [0.15, 0.2) is 6.07 Å². The molecule has 152 valence electrons. The quantitative estimate of drug-likeness (QED) is 0.638. The highest BCUT2D eigenvalue weighted by atomic mass is 35.5. The summed E-state index contributed by atoms with van der Waals surface area (Å²) in [6.07, 6.45) is -1.68. The van der Waals surface area contributed by atoms with Gasteiger partial charge in [0, 0.05) is 6.54 Å². The molecule has 3 fully saturated rings. The van der Waals surface area contributed by atoms with Crippen molar-refractivity contribution < 1.29 is 28.8 Å². The standard InChI is InChI=1S/C17H21ClN4O6/c18-9-3-10-16(21-15(9)19-4-8-5-24-1-2-25-8)22-17(20-10)28-12-7-27-13-11(23)6-26-14(12)13/h3,8,11-14,23H,1-2,4-7H2,(H2,19,20,21,22)/t8?,11-,12-,13-,14-/m1/s1. The summed E-state index contributed by atoms with van der Waals surface area (Å²) >= 11 is 6.34. The predicted molar refractivity (Wildman–Crippen MR) is 97.9 cm³/mol. The van der Waals surface area contributed by atoms with Gasteiger partial charge >= 0.3 is 0 Å². The Bertz CT molecular complexity index is 844. The Morgan fingerprint density at radius 2 is 2.07 bits per heavy atom. The van der Waals surface area contributed by atoms with Crippen LogP contribution in [0.1, 0.15) is 0 Å². The fourth-order valence-corrected chi connectivity index (χ4v) is 3.85. The Morgan fingerprint density at radius 1 is 1.18 bits per heavy atom. The van der Waals surface area contributed by atoms with Crippen molar-refractivity contribution in [3.63, 3.8) is 0 Å². The van der Waals surface area contributed by atoms with E-state index in [1.807, 2.05) is 0 Å². The minimum Gasteiger partial charge on any atom is -0.456 e. The first-order valence-corrected chi connectivity index (χ1v) is 9.62. The van der Waals surface area contributed by atoms with Crippen molar-refractivity contribution in [1.82, 2.24) is 15.0 Å². The van der Waals surface area contributed by atoms with Crippen LogP contribution in [0.2, 0.25) is 5.02 Å². The summed E-state index contributed by atoms with van der Waals surface area (Å²) in [6.45, 7) is 2.85. The van der Waals surface area contributed by atoms with Crippen molar-refractivity contribution in [2.24, 2.45) is 0 Å². The minimum absolute atomic E-state index is 0.0440. The first kappa shape index (κ1) is 18.3. The molecule has 5 atom stereocenters. The van der Waals surface area contributed by atoms with Gasteiger partial charge in [0.15, 0.2) is 11.8 Å². The first-order valence-electron chi connectivity index (χ1n) is 9.25. The molecule has 1 unspecified atom stereocenters. The average Bonchev–Trinajstić information content (AvgIpc) is 3.38. The van der Waals surface area contributed by atoms with Crippen molar-refractivity contribution in [3.8, 4) is 6.01 Å². The summed E-state index contributed by atoms with van der Waals surface area (Å²) < 4.78 is 28.0. The Balaban J connectivity index is 1.28. The van der Waals surface area contributed by atoms with Gasteiger partial charge in [-0.25, -0.2) is 4.98 Å². The summed E-state index contributed by atoms with van der Waals surface area (Å²) in [5, 5.41) is 13.5. The molecule has 10 nitrogen and oxygen atoms in total. The van der Waals surface area contributed by atoms with Crippen LogP contribution < -0.4 is 10.1 Å². The lowest BCUT2D eigenvalue weighted by Crippen LogP contribution is -2.34. The number of hydrogen-bond donors (Lipinski definition) is 3. The van der Waals surface area contributed by atoms with Gasteiger partial charge in [-0.3, -0.25) is 0 Å². The summed E-state index contributed by atoms with van der Waals surface area (Å²) in [4.78, 5) is 11.9. The number of aliphatic hydroxyl groups excluding tert-OH is 1. The van der Waals surface area contributed by atoms with Crippen LogP contribution in [-0.2, 0) is 18.9 Å². The lowest BCUT2D eigenvalue weighted by atomic mass is 10.1. The van der Waals surface area contributed by atoms with Gasteiger partial charge in [0.1, 0.15) is 24.1 Å². The number of ether oxygens (including phenoxy) is 5. The van der Waals surface area contributed by atoms with Crippen molar-refractivity contribution in [2.45, 2.75) is 30.5 Å². The number of pyridine rings is 1. The third-order valence-electron chi connectivity index (χ3n) is 5.03. The van der Waals surface area contributed by atoms with Crippen LogP contribution in [0.5, 0.6) is 6.01 Å². The number of imidazole rings is 1. The highest BCUT2D eigenvalue weighted by Gasteiger charge is 2.48. The highest BCUT2D eigenvalue weighted by Crippen LogP contribution is 2.30. The fourth-order valence-electron chi connectivity index (χ4n) is 3.63. The molecule has 5 heterocycles. The molecule has 3 aliphatic rings. The third kappa shape index (κ3) is 3.51. The van der Waals surface area contributed by atoms with Gasteiger partial charge in [-0.05, 0) is 6.07 Å². The zero-order valence-corrected chi connectivity index (χ0v) is 15.7. The molecule has 5 rings (SSSR count). The number of rotatable bonds is 5. The molecule has 2 aromatic rings. The molecule has 3 saturated heterocycles. The van der Waals surface area contributed by atoms with Gasteiger partial charge in [-0.2, -0.15) is 4.98 Å². The van der Waals surface area contributed by atoms with Crippen molar-refractivity contribution in [2.75, 3.05) is 44.9 Å². The van der Waals surface area contributed by atoms with Crippen LogP contribution >= 0.6 is 11.6 Å². The number of nitrogens with zero attached hydrogens (tertiary/aromatic N) is 2. The van der Waals surface area contributed by atoms with Crippen molar-refractivity contribution in [1.29, 1.82) is 0 Å². The van der Waals surface area contributed by atoms with E-state index in [1.54, 1.807) is 6.07 Å². The smallest absolute Gasteiger partial charge is 0.296 e. The molecule has 3 aliphatic heterocycles. The van der Waals surface area contributed by atoms with E-state index in [2.05, 4.69) is 20.3 Å². The van der Waals surface area contributed by atoms with Crippen molar-refractivity contribution in [3.05, 3.63) is 11.1 Å². The van der Waals surface area contributed by atoms with E-state index in [0.29, 0.717) is 61.0 Å². The van der Waals surface area contributed by atoms with E-state index >= 15 is 0 Å². The normalized spacial score (nSPS) is 32.6. The van der Waals surface area contributed by atoms with E-state index in [1.165, 1.54) is 0 Å². The largest absolute Gasteiger partial charge is 0.456 e. The number of aromatic nitrogens is 3. The zero-order chi connectivity index (χ0) is 19.1. The second kappa shape index (κ2) is 7.62. The van der Waals surface area contributed by atoms with Crippen LogP contribution in [0, 0.1) is 0 Å². The molecule has 2 aromatic heterocycles. The van der Waals surface area contributed by atoms with Gasteiger partial charge in [0.05, 0.1) is 49.7 Å². The number of aromatic amines is 1. The SMILES string of the molecule is O[C@@H]1CO[C@H]2[C@@H]1OC[C@H]2Oc1nc2nc(NCC3COCCO3)c(Cl)cc2[nH]1. The lowest BCUT2D eigenvalue weighted by molar-refractivity contribution is -0.0819. The predicted octanol–water partition coefficient (Wildman–Crippen LogP) is 0.345. The molecule has 0 aromatic carbocycles. The summed E-state index contributed by atoms with van der Waals surface area (Å²) in [5.74, 6) is 0.521. The molecule has 0 spiro atoms. The molecule has 3 N–H and O–H groups in total. The molecular weight excluding hydrogens is 392 g/mol. The third-order valence-corrected chi connectivity index (χ3v) is 5.32. The van der Waals surface area contributed by atoms with Crippen LogP contribution in [0.3, 0.4) is 0 Å². The minimum atomic E-state index is -0.623. The summed E-state index contributed by atoms with van der Waals surface area (Å²) in [6, 6.07) is 2.05. The van der Waals surface area contributed by atoms with Crippen LogP contribution in [0.25, 0.3) is 11.2 Å². The summed E-state index contributed by atoms with van der Waals surface area (Å²) in [7, 11) is 0. The number of aliphatic hydroxyl groups is 1. The Hall–Kier alpha value is -1.69. The van der Waals surface area contributed by atoms with E-state index < -0.39 is 6.10 Å². The first-order chi connectivity index (χ1) is 13.7. The summed E-state index contributed by atoms with van der Waals surface area (Å²) in [5.41, 5.74) is 1.14. The van der Waals surface area contributed by atoms with E-state index in [0.717, 1.165) is 0 Å². The molecule has 0 bridgehead atoms. The van der Waals surface area contributed by atoms with Gasteiger partial charge in [-0.15, -0.1) is 0 Å². The number of nitrogens with one attached hydrogen (secondary N) is 2. The van der Waals surface area contributed by atoms with Gasteiger partial charge in [-0.1, -0.05) is 11.6 Å². The van der Waals surface area contributed by atoms with Crippen molar-refractivity contribution >= 4 is 28.6 Å². The molecule has 28 heavy (non-hydrogen) atoms. The number of halogens is 1. The average molecular weight is 413 g/mol. The number of hydrogen-bond acceptors (Lipinski definition) is 9. The van der Waals surface area contributed by atoms with E-state index in [4.69, 9.17) is 35.3 Å². The molecular formula is C17H21ClN4O6. The van der Waals surface area contributed by atoms with Gasteiger partial charge < -0.3 is 39.1 Å². The Labute approximate surface area is 165 Å². The Kier molecular flexibility index (Phi) is 4.99. The monoisotopic (exact) mass is 412 g/mol. The zero-order valence-electron chi connectivity index (χ0n) is 15.0. The Morgan fingerprint density at radius 3 is 2.93 bits per heavy atom. The highest BCUT2D eigenvalue weighted by molar-refractivity contribution is 6.33.